The zero-order valence-corrected chi connectivity index (χ0v) is 17.4. The average Bonchev–Trinajstić information content (AvgIpc) is 2.69. The van der Waals surface area contributed by atoms with Gasteiger partial charge in [-0.2, -0.15) is 0 Å². The van der Waals surface area contributed by atoms with Gasteiger partial charge in [0.05, 0.1) is 13.7 Å². The number of hydrogen-bond donors (Lipinski definition) is 1. The lowest BCUT2D eigenvalue weighted by molar-refractivity contribution is -0.154. The Morgan fingerprint density at radius 2 is 1.62 bits per heavy atom. The lowest BCUT2D eigenvalue weighted by Crippen LogP contribution is -2.43. The number of nitrogens with one attached hydrogen (secondary N) is 1. The summed E-state index contributed by atoms with van der Waals surface area (Å²) >= 11 is 0. The van der Waals surface area contributed by atoms with Gasteiger partial charge in [0.2, 0.25) is 0 Å². The molecule has 0 amide bonds. The summed E-state index contributed by atoms with van der Waals surface area (Å²) in [4.78, 5) is 24.0. The van der Waals surface area contributed by atoms with Gasteiger partial charge in [-0.05, 0) is 50.5 Å². The van der Waals surface area contributed by atoms with Crippen LogP contribution in [0.15, 0.2) is 54.6 Å². The Hall–Kier alpha value is -2.86. The van der Waals surface area contributed by atoms with Crippen molar-refractivity contribution < 1.29 is 23.8 Å². The molecule has 29 heavy (non-hydrogen) atoms. The van der Waals surface area contributed by atoms with Gasteiger partial charge in [0.1, 0.15) is 24.0 Å². The molecule has 2 aromatic rings. The van der Waals surface area contributed by atoms with E-state index in [4.69, 9.17) is 14.2 Å². The smallest absolute Gasteiger partial charge is 0.323 e. The summed E-state index contributed by atoms with van der Waals surface area (Å²) in [6.45, 7) is 5.80. The molecule has 2 rings (SSSR count). The Labute approximate surface area is 172 Å². The molecule has 0 heterocycles. The van der Waals surface area contributed by atoms with Crippen LogP contribution in [0.3, 0.4) is 0 Å². The van der Waals surface area contributed by atoms with Gasteiger partial charge in [-0.25, -0.2) is 0 Å². The Morgan fingerprint density at radius 1 is 0.966 bits per heavy atom. The number of carbonyl (C=O) groups excluding carboxylic acids is 2. The second kappa shape index (κ2) is 10.6. The highest BCUT2D eigenvalue weighted by Gasteiger charge is 2.22. The van der Waals surface area contributed by atoms with E-state index in [1.165, 1.54) is 7.11 Å². The molecule has 156 valence electrons. The summed E-state index contributed by atoms with van der Waals surface area (Å²) in [6.07, 6.45) is 0.383. The third-order valence-electron chi connectivity index (χ3n) is 4.01. The van der Waals surface area contributed by atoms with Gasteiger partial charge in [0, 0.05) is 0 Å². The van der Waals surface area contributed by atoms with E-state index in [0.29, 0.717) is 13.0 Å². The van der Waals surface area contributed by atoms with Gasteiger partial charge in [-0.3, -0.25) is 14.9 Å². The summed E-state index contributed by atoms with van der Waals surface area (Å²) < 4.78 is 15.9. The number of carbonyl (C=O) groups is 2. The molecule has 0 radical (unpaired) electrons. The first-order valence-corrected chi connectivity index (χ1v) is 9.55. The van der Waals surface area contributed by atoms with E-state index in [-0.39, 0.29) is 6.54 Å². The SMILES string of the molecule is COC(=O)[C@H](Cc1ccc(OCc2ccccc2)cc1)NCC(=O)OC(C)(C)C. The molecular weight excluding hydrogens is 370 g/mol. The van der Waals surface area contributed by atoms with E-state index in [0.717, 1.165) is 16.9 Å². The fraction of sp³-hybridized carbons (Fsp3) is 0.391. The van der Waals surface area contributed by atoms with E-state index < -0.39 is 23.6 Å². The highest BCUT2D eigenvalue weighted by atomic mass is 16.6. The Balaban J connectivity index is 1.91. The molecule has 1 N–H and O–H groups in total. The second-order valence-electron chi connectivity index (χ2n) is 7.67. The van der Waals surface area contributed by atoms with Crippen molar-refractivity contribution in [3.05, 3.63) is 65.7 Å². The normalized spacial score (nSPS) is 12.1. The monoisotopic (exact) mass is 399 g/mol. The number of rotatable bonds is 9. The Morgan fingerprint density at radius 3 is 2.21 bits per heavy atom. The van der Waals surface area contributed by atoms with Gasteiger partial charge >= 0.3 is 11.9 Å². The molecule has 2 aromatic carbocycles. The first kappa shape index (κ1) is 22.4. The van der Waals surface area contributed by atoms with Crippen LogP contribution in [0.1, 0.15) is 31.9 Å². The Bertz CT molecular complexity index is 781. The van der Waals surface area contributed by atoms with E-state index >= 15 is 0 Å². The zero-order valence-electron chi connectivity index (χ0n) is 17.4. The predicted octanol–water partition coefficient (Wildman–Crippen LogP) is 3.28. The molecule has 1 atom stereocenters. The van der Waals surface area contributed by atoms with Crippen molar-refractivity contribution in [1.82, 2.24) is 5.32 Å². The van der Waals surface area contributed by atoms with Crippen LogP contribution in [0.5, 0.6) is 5.75 Å². The van der Waals surface area contributed by atoms with E-state index in [1.54, 1.807) is 20.8 Å². The summed E-state index contributed by atoms with van der Waals surface area (Å²) in [6, 6.07) is 16.8. The summed E-state index contributed by atoms with van der Waals surface area (Å²) in [5.74, 6) is -0.108. The van der Waals surface area contributed by atoms with Gasteiger partial charge in [0.15, 0.2) is 0 Å². The topological polar surface area (TPSA) is 73.9 Å². The third kappa shape index (κ3) is 8.35. The van der Waals surface area contributed by atoms with Crippen molar-refractivity contribution in [3.63, 3.8) is 0 Å². The average molecular weight is 399 g/mol. The van der Waals surface area contributed by atoms with Gasteiger partial charge in [0.25, 0.3) is 0 Å². The van der Waals surface area contributed by atoms with Gasteiger partial charge in [-0.1, -0.05) is 42.5 Å². The molecule has 0 unspecified atom stereocenters. The second-order valence-corrected chi connectivity index (χ2v) is 7.67. The van der Waals surface area contributed by atoms with Gasteiger partial charge in [-0.15, -0.1) is 0 Å². The fourth-order valence-corrected chi connectivity index (χ4v) is 2.66. The molecule has 0 aliphatic heterocycles. The van der Waals surface area contributed by atoms with Crippen LogP contribution < -0.4 is 10.1 Å². The number of methoxy groups -OCH3 is 1. The number of hydrogen-bond acceptors (Lipinski definition) is 6. The third-order valence-corrected chi connectivity index (χ3v) is 4.01. The largest absolute Gasteiger partial charge is 0.489 e. The minimum absolute atomic E-state index is 0.0741. The maximum Gasteiger partial charge on any atom is 0.323 e. The highest BCUT2D eigenvalue weighted by Crippen LogP contribution is 2.16. The van der Waals surface area contributed by atoms with Crippen LogP contribution in [0.25, 0.3) is 0 Å². The lowest BCUT2D eigenvalue weighted by atomic mass is 10.1. The quantitative estimate of drug-likeness (QED) is 0.653. The van der Waals surface area contributed by atoms with Crippen LogP contribution >= 0.6 is 0 Å². The highest BCUT2D eigenvalue weighted by molar-refractivity contribution is 5.78. The lowest BCUT2D eigenvalue weighted by Gasteiger charge is -2.21. The van der Waals surface area contributed by atoms with E-state index in [2.05, 4.69) is 5.32 Å². The van der Waals surface area contributed by atoms with Crippen LogP contribution in [0, 0.1) is 0 Å². The number of esters is 2. The molecule has 0 aliphatic carbocycles. The maximum absolute atomic E-state index is 12.1. The van der Waals surface area contributed by atoms with Crippen LogP contribution in [-0.2, 0) is 32.1 Å². The molecule has 0 saturated heterocycles. The van der Waals surface area contributed by atoms with Crippen molar-refractivity contribution in [2.45, 2.75) is 45.4 Å². The minimum Gasteiger partial charge on any atom is -0.489 e. The van der Waals surface area contributed by atoms with Crippen LogP contribution in [-0.4, -0.2) is 37.2 Å². The van der Waals surface area contributed by atoms with Crippen LogP contribution in [0.4, 0.5) is 0 Å². The number of ether oxygens (including phenoxy) is 3. The van der Waals surface area contributed by atoms with Gasteiger partial charge < -0.3 is 14.2 Å². The standard InChI is InChI=1S/C23H29NO5/c1-23(2,3)29-21(25)15-24-20(22(26)27-4)14-17-10-12-19(13-11-17)28-16-18-8-6-5-7-9-18/h5-13,20,24H,14-16H2,1-4H3/t20-/m0/s1. The Kier molecular flexibility index (Phi) is 8.21. The first-order chi connectivity index (χ1) is 13.8. The molecular formula is C23H29NO5. The summed E-state index contributed by atoms with van der Waals surface area (Å²) in [5, 5.41) is 2.92. The molecule has 0 bridgehead atoms. The molecule has 0 saturated carbocycles. The minimum atomic E-state index is -0.649. The van der Waals surface area contributed by atoms with Crippen molar-refractivity contribution in [3.8, 4) is 5.75 Å². The molecule has 6 nitrogen and oxygen atoms in total. The molecule has 0 aromatic heterocycles. The van der Waals surface area contributed by atoms with Crippen molar-refractivity contribution in [2.24, 2.45) is 0 Å². The van der Waals surface area contributed by atoms with E-state index in [9.17, 15) is 9.59 Å². The first-order valence-electron chi connectivity index (χ1n) is 9.55. The fourth-order valence-electron chi connectivity index (χ4n) is 2.66. The zero-order chi connectivity index (χ0) is 21.3. The van der Waals surface area contributed by atoms with Crippen LogP contribution in [0.2, 0.25) is 0 Å². The summed E-state index contributed by atoms with van der Waals surface area (Å²) in [7, 11) is 1.32. The van der Waals surface area contributed by atoms with Crippen molar-refractivity contribution in [2.75, 3.05) is 13.7 Å². The molecule has 0 fully saturated rings. The summed E-state index contributed by atoms with van der Waals surface area (Å²) in [5.41, 5.74) is 1.44. The predicted molar refractivity (Wildman–Crippen MR) is 111 cm³/mol. The molecule has 0 spiro atoms. The number of benzene rings is 2. The van der Waals surface area contributed by atoms with Crippen molar-refractivity contribution in [1.29, 1.82) is 0 Å². The van der Waals surface area contributed by atoms with E-state index in [1.807, 2.05) is 54.6 Å². The maximum atomic E-state index is 12.1. The molecule has 0 aliphatic rings. The molecule has 6 heteroatoms. The van der Waals surface area contributed by atoms with Crippen molar-refractivity contribution >= 4 is 11.9 Å².